The highest BCUT2D eigenvalue weighted by atomic mass is 16.7. The van der Waals surface area contributed by atoms with Gasteiger partial charge in [0.25, 0.3) is 0 Å². The monoisotopic (exact) mass is 743 g/mol. The molecule has 0 bridgehead atoms. The molecule has 0 aliphatic rings. The highest BCUT2D eigenvalue weighted by Gasteiger charge is 2.11. The molecule has 0 unspecified atom stereocenters. The number of nitrogens with one attached hydrogen (secondary N) is 1. The van der Waals surface area contributed by atoms with Crippen molar-refractivity contribution in [2.75, 3.05) is 53.1 Å². The summed E-state index contributed by atoms with van der Waals surface area (Å²) in [7, 11) is 1.60. The Hall–Kier alpha value is -1.38. The number of carbonyl (C=O) groups excluding carboxylic acids is 2. The van der Waals surface area contributed by atoms with Crippen LogP contribution in [0.5, 0.6) is 0 Å². The van der Waals surface area contributed by atoms with Crippen molar-refractivity contribution in [1.29, 1.82) is 0 Å². The van der Waals surface area contributed by atoms with Crippen LogP contribution in [0.25, 0.3) is 0 Å². The van der Waals surface area contributed by atoms with Crippen molar-refractivity contribution in [3.63, 3.8) is 0 Å². The molecular weight excluding hydrogens is 652 g/mol. The van der Waals surface area contributed by atoms with Gasteiger partial charge in [0, 0.05) is 34.7 Å². The average molecular weight is 743 g/mol. The Morgan fingerprint density at radius 3 is 1.40 bits per heavy atom. The summed E-state index contributed by atoms with van der Waals surface area (Å²) in [5.74, 6) is -0.0369. The number of nitrogens with zero attached hydrogens (tertiary/aromatic N) is 1. The topological polar surface area (TPSA) is 86.3 Å². The molecule has 0 fully saturated rings. The Kier molecular flexibility index (Phi) is 41.2. The van der Waals surface area contributed by atoms with Gasteiger partial charge in [-0.15, -0.1) is 0 Å². The number of rotatable bonds is 42. The number of hydrogen-bond acceptors (Lipinski definition) is 7. The fourth-order valence-electron chi connectivity index (χ4n) is 6.54. The van der Waals surface area contributed by atoms with Crippen LogP contribution in [-0.2, 0) is 23.7 Å². The SMILES string of the molecule is CCCCCCCCCOC(=O)CCCCCCCN(CCCCCCC(OCCCCCCCC)OCCCCCCCC)CCOC(=O)NC.[HH]. The third kappa shape index (κ3) is 38.3. The van der Waals surface area contributed by atoms with Gasteiger partial charge in [-0.05, 0) is 64.5 Å². The molecule has 0 aliphatic carbocycles. The van der Waals surface area contributed by atoms with Crippen molar-refractivity contribution in [2.45, 2.75) is 220 Å². The normalized spacial score (nSPS) is 11.5. The summed E-state index contributed by atoms with van der Waals surface area (Å²) < 4.78 is 23.2. The zero-order chi connectivity index (χ0) is 38.0. The zero-order valence-corrected chi connectivity index (χ0v) is 35.1. The highest BCUT2D eigenvalue weighted by molar-refractivity contribution is 5.69. The van der Waals surface area contributed by atoms with Gasteiger partial charge in [0.15, 0.2) is 6.29 Å². The van der Waals surface area contributed by atoms with Crippen molar-refractivity contribution in [1.82, 2.24) is 10.2 Å². The largest absolute Gasteiger partial charge is 0.466 e. The van der Waals surface area contributed by atoms with Crippen LogP contribution in [-0.4, -0.2) is 76.4 Å². The molecule has 0 aliphatic heterocycles. The lowest BCUT2D eigenvalue weighted by Crippen LogP contribution is -2.31. The van der Waals surface area contributed by atoms with E-state index in [2.05, 4.69) is 31.0 Å². The lowest BCUT2D eigenvalue weighted by molar-refractivity contribution is -0.148. The van der Waals surface area contributed by atoms with Crippen molar-refractivity contribution >= 4 is 12.1 Å². The number of esters is 1. The van der Waals surface area contributed by atoms with Gasteiger partial charge in [-0.3, -0.25) is 9.69 Å². The van der Waals surface area contributed by atoms with Gasteiger partial charge in [0.05, 0.1) is 6.61 Å². The van der Waals surface area contributed by atoms with E-state index >= 15 is 0 Å². The lowest BCUT2D eigenvalue weighted by atomic mass is 10.1. The van der Waals surface area contributed by atoms with Crippen LogP contribution in [0.3, 0.4) is 0 Å². The van der Waals surface area contributed by atoms with Crippen LogP contribution in [0.15, 0.2) is 0 Å². The van der Waals surface area contributed by atoms with E-state index in [1.165, 1.54) is 109 Å². The molecule has 0 radical (unpaired) electrons. The Morgan fingerprint density at radius 2 is 0.904 bits per heavy atom. The van der Waals surface area contributed by atoms with E-state index in [0.717, 1.165) is 110 Å². The van der Waals surface area contributed by atoms with Crippen LogP contribution >= 0.6 is 0 Å². The van der Waals surface area contributed by atoms with E-state index in [9.17, 15) is 9.59 Å². The summed E-state index contributed by atoms with van der Waals surface area (Å²) in [6.07, 6.45) is 35.1. The van der Waals surface area contributed by atoms with Crippen LogP contribution in [0.2, 0.25) is 0 Å². The first kappa shape index (κ1) is 50.6. The first-order valence-electron chi connectivity index (χ1n) is 22.5. The highest BCUT2D eigenvalue weighted by Crippen LogP contribution is 2.15. The molecular formula is C44H90N2O6. The minimum absolute atomic E-state index is 0. The van der Waals surface area contributed by atoms with Gasteiger partial charge < -0.3 is 24.3 Å². The number of ether oxygens (including phenoxy) is 4. The first-order chi connectivity index (χ1) is 25.6. The fraction of sp³-hybridized carbons (Fsp3) is 0.955. The van der Waals surface area contributed by atoms with Crippen LogP contribution in [0.4, 0.5) is 4.79 Å². The Morgan fingerprint density at radius 1 is 0.481 bits per heavy atom. The molecule has 0 rings (SSSR count). The molecule has 52 heavy (non-hydrogen) atoms. The van der Waals surface area contributed by atoms with Crippen molar-refractivity contribution in [2.24, 2.45) is 0 Å². The van der Waals surface area contributed by atoms with Crippen molar-refractivity contribution in [3.8, 4) is 0 Å². The molecule has 0 aromatic carbocycles. The van der Waals surface area contributed by atoms with E-state index in [-0.39, 0.29) is 19.8 Å². The molecule has 0 atom stereocenters. The van der Waals surface area contributed by atoms with E-state index in [0.29, 0.717) is 19.6 Å². The van der Waals surface area contributed by atoms with Crippen molar-refractivity contribution in [3.05, 3.63) is 0 Å². The van der Waals surface area contributed by atoms with Gasteiger partial charge in [-0.25, -0.2) is 4.79 Å². The fourth-order valence-corrected chi connectivity index (χ4v) is 6.54. The van der Waals surface area contributed by atoms with E-state index in [1.807, 2.05) is 0 Å². The van der Waals surface area contributed by atoms with Gasteiger partial charge in [0.2, 0.25) is 0 Å². The number of alkyl carbamates (subject to hydrolysis) is 1. The Balaban J connectivity index is 0. The summed E-state index contributed by atoms with van der Waals surface area (Å²) in [5.41, 5.74) is 0. The number of hydrogen-bond donors (Lipinski definition) is 1. The standard InChI is InChI=1S/C44H88N2O6.H2/c1-5-8-11-14-17-25-30-38-49-42(47)33-26-19-18-21-28-35-46(37-41-52-44(48)45-4)36-29-22-20-27-34-43(50-39-31-23-15-12-9-6-2)51-40-32-24-16-13-10-7-3;/h43H,5-41H2,1-4H3,(H,45,48);1H. The first-order valence-corrected chi connectivity index (χ1v) is 22.5. The molecule has 1 N–H and O–H groups in total. The van der Waals surface area contributed by atoms with E-state index in [1.54, 1.807) is 7.05 Å². The molecule has 0 saturated heterocycles. The van der Waals surface area contributed by atoms with Gasteiger partial charge in [-0.2, -0.15) is 0 Å². The maximum Gasteiger partial charge on any atom is 0.406 e. The third-order valence-electron chi connectivity index (χ3n) is 9.98. The number of amides is 1. The van der Waals surface area contributed by atoms with Gasteiger partial charge >= 0.3 is 12.1 Å². The van der Waals surface area contributed by atoms with Crippen molar-refractivity contribution < 1.29 is 30.0 Å². The molecule has 312 valence electrons. The molecule has 0 aromatic heterocycles. The predicted molar refractivity (Wildman–Crippen MR) is 221 cm³/mol. The molecule has 1 amide bonds. The van der Waals surface area contributed by atoms with Crippen LogP contribution in [0.1, 0.15) is 215 Å². The summed E-state index contributed by atoms with van der Waals surface area (Å²) in [4.78, 5) is 26.1. The second-order valence-corrected chi connectivity index (χ2v) is 15.0. The summed E-state index contributed by atoms with van der Waals surface area (Å²) in [6.45, 7) is 12.2. The van der Waals surface area contributed by atoms with Gasteiger partial charge in [-0.1, -0.05) is 156 Å². The number of unbranched alkanes of at least 4 members (excludes halogenated alkanes) is 23. The second kappa shape index (κ2) is 42.4. The maximum absolute atomic E-state index is 12.1. The predicted octanol–water partition coefficient (Wildman–Crippen LogP) is 12.6. The molecule has 0 spiro atoms. The Bertz CT molecular complexity index is 729. The number of carbonyl (C=O) groups is 2. The Labute approximate surface area is 324 Å². The molecule has 8 nitrogen and oxygen atoms in total. The molecule has 8 heteroatoms. The summed E-state index contributed by atoms with van der Waals surface area (Å²) in [5, 5.41) is 2.54. The van der Waals surface area contributed by atoms with Gasteiger partial charge in [0.1, 0.15) is 6.61 Å². The zero-order valence-electron chi connectivity index (χ0n) is 35.1. The summed E-state index contributed by atoms with van der Waals surface area (Å²) in [6, 6.07) is 0. The third-order valence-corrected chi connectivity index (χ3v) is 9.98. The minimum atomic E-state index is -0.368. The van der Waals surface area contributed by atoms with Crippen LogP contribution < -0.4 is 5.32 Å². The van der Waals surface area contributed by atoms with E-state index < -0.39 is 0 Å². The van der Waals surface area contributed by atoms with Crippen LogP contribution in [0, 0.1) is 0 Å². The molecule has 0 heterocycles. The quantitative estimate of drug-likeness (QED) is 0.0378. The average Bonchev–Trinajstić information content (AvgIpc) is 3.15. The second-order valence-electron chi connectivity index (χ2n) is 15.0. The molecule has 0 saturated carbocycles. The minimum Gasteiger partial charge on any atom is -0.466 e. The summed E-state index contributed by atoms with van der Waals surface area (Å²) >= 11 is 0. The van der Waals surface area contributed by atoms with E-state index in [4.69, 9.17) is 18.9 Å². The lowest BCUT2D eigenvalue weighted by Gasteiger charge is -2.22. The molecule has 0 aromatic rings. The smallest absolute Gasteiger partial charge is 0.406 e. The maximum atomic E-state index is 12.1.